The van der Waals surface area contributed by atoms with Gasteiger partial charge in [-0.15, -0.1) is 0 Å². The van der Waals surface area contributed by atoms with E-state index in [9.17, 15) is 0 Å². The van der Waals surface area contributed by atoms with Gasteiger partial charge >= 0.3 is 0 Å². The third-order valence-corrected chi connectivity index (χ3v) is 11.8. The van der Waals surface area contributed by atoms with Crippen LogP contribution in [-0.4, -0.2) is 8.07 Å². The fraction of sp³-hybridized carbons (Fsp3) is 0.500. The number of hydrogen-bond donors (Lipinski definition) is 0. The first-order valence-corrected chi connectivity index (χ1v) is 14.3. The number of halogens is 1. The average Bonchev–Trinajstić information content (AvgIpc) is 2.95. The maximum absolute atomic E-state index is 3.74. The number of unbranched alkanes of at least 4 members (excludes halogenated alkanes) is 2. The second-order valence-electron chi connectivity index (χ2n) is 8.55. The molecule has 0 nitrogen and oxygen atoms in total. The number of fused-ring (bicyclic) bond motifs is 3. The lowest BCUT2D eigenvalue weighted by Crippen LogP contribution is -2.40. The predicted molar refractivity (Wildman–Crippen MR) is 122 cm³/mol. The first-order valence-electron chi connectivity index (χ1n) is 10.4. The molecule has 0 N–H and O–H groups in total. The van der Waals surface area contributed by atoms with Crippen molar-refractivity contribution < 1.29 is 0 Å². The zero-order valence-electron chi connectivity index (χ0n) is 16.8. The van der Waals surface area contributed by atoms with Crippen LogP contribution in [-0.2, 0) is 0 Å². The molecule has 0 radical (unpaired) electrons. The van der Waals surface area contributed by atoms with E-state index in [-0.39, 0.29) is 0 Å². The van der Waals surface area contributed by atoms with Gasteiger partial charge in [-0.3, -0.25) is 0 Å². The van der Waals surface area contributed by atoms with Crippen molar-refractivity contribution in [3.05, 3.63) is 58.1 Å². The SMILES string of the molecule is CCCCC(CCCC)[Si](C)(C)C1c2ccccc2-c2ccc(Br)cc21. The van der Waals surface area contributed by atoms with E-state index < -0.39 is 8.07 Å². The van der Waals surface area contributed by atoms with E-state index in [0.29, 0.717) is 5.54 Å². The zero-order chi connectivity index (χ0) is 18.7. The normalized spacial score (nSPS) is 16.0. The van der Waals surface area contributed by atoms with Gasteiger partial charge in [0.25, 0.3) is 0 Å². The molecule has 0 amide bonds. The van der Waals surface area contributed by atoms with E-state index in [0.717, 1.165) is 5.54 Å². The van der Waals surface area contributed by atoms with E-state index >= 15 is 0 Å². The first-order chi connectivity index (χ1) is 12.5. The Morgan fingerprint density at radius 2 is 1.50 bits per heavy atom. The second-order valence-corrected chi connectivity index (χ2v) is 14.5. The van der Waals surface area contributed by atoms with E-state index in [1.165, 1.54) is 54.1 Å². The molecule has 2 aromatic carbocycles. The average molecular weight is 430 g/mol. The zero-order valence-corrected chi connectivity index (χ0v) is 19.4. The van der Waals surface area contributed by atoms with Gasteiger partial charge in [0.2, 0.25) is 0 Å². The summed E-state index contributed by atoms with van der Waals surface area (Å²) < 4.78 is 1.22. The van der Waals surface area contributed by atoms with Crippen LogP contribution in [0.2, 0.25) is 18.6 Å². The lowest BCUT2D eigenvalue weighted by atomic mass is 10.1. The minimum atomic E-state index is -1.52. The Bertz CT molecular complexity index is 742. The monoisotopic (exact) mass is 428 g/mol. The molecule has 1 unspecified atom stereocenters. The minimum Gasteiger partial charge on any atom is -0.0684 e. The molecule has 0 bridgehead atoms. The summed E-state index contributed by atoms with van der Waals surface area (Å²) in [5, 5.41) is 0. The van der Waals surface area contributed by atoms with Crippen molar-refractivity contribution in [1.29, 1.82) is 0 Å². The fourth-order valence-corrected chi connectivity index (χ4v) is 9.85. The van der Waals surface area contributed by atoms with Crippen LogP contribution in [0.25, 0.3) is 11.1 Å². The van der Waals surface area contributed by atoms with Crippen molar-refractivity contribution in [2.24, 2.45) is 0 Å². The molecule has 1 aliphatic rings. The number of hydrogen-bond acceptors (Lipinski definition) is 0. The van der Waals surface area contributed by atoms with Gasteiger partial charge in [-0.1, -0.05) is 112 Å². The minimum absolute atomic E-state index is 0.630. The molecule has 1 atom stereocenters. The maximum atomic E-state index is 3.74. The molecule has 0 spiro atoms. The van der Waals surface area contributed by atoms with Gasteiger partial charge < -0.3 is 0 Å². The molecule has 0 heterocycles. The molecule has 1 aliphatic carbocycles. The van der Waals surface area contributed by atoms with Gasteiger partial charge in [-0.05, 0) is 39.9 Å². The van der Waals surface area contributed by atoms with Gasteiger partial charge in [0.15, 0.2) is 0 Å². The summed E-state index contributed by atoms with van der Waals surface area (Å²) in [6.07, 6.45) is 8.22. The summed E-state index contributed by atoms with van der Waals surface area (Å²) in [7, 11) is -1.52. The molecule has 3 rings (SSSR count). The van der Waals surface area contributed by atoms with E-state index in [1.54, 1.807) is 11.1 Å². The van der Waals surface area contributed by atoms with Gasteiger partial charge in [0, 0.05) is 10.0 Å². The smallest absolute Gasteiger partial charge is 0.0635 e. The third-order valence-electron chi connectivity index (χ3n) is 6.50. The highest BCUT2D eigenvalue weighted by Crippen LogP contribution is 2.53. The van der Waals surface area contributed by atoms with Crippen LogP contribution in [0.4, 0.5) is 0 Å². The second kappa shape index (κ2) is 8.44. The Morgan fingerprint density at radius 3 is 2.15 bits per heavy atom. The quantitative estimate of drug-likeness (QED) is 0.369. The molecule has 0 saturated heterocycles. The fourth-order valence-electron chi connectivity index (χ4n) is 5.01. The summed E-state index contributed by atoms with van der Waals surface area (Å²) in [5.41, 5.74) is 7.66. The van der Waals surface area contributed by atoms with E-state index in [1.807, 2.05) is 0 Å². The highest BCUT2D eigenvalue weighted by molar-refractivity contribution is 9.10. The molecule has 2 aromatic rings. The van der Waals surface area contributed by atoms with Crippen molar-refractivity contribution in [1.82, 2.24) is 0 Å². The molecule has 2 heteroatoms. The van der Waals surface area contributed by atoms with Crippen molar-refractivity contribution in [2.75, 3.05) is 0 Å². The molecule has 0 aliphatic heterocycles. The van der Waals surface area contributed by atoms with E-state index in [2.05, 4.69) is 85.3 Å². The summed E-state index contributed by atoms with van der Waals surface area (Å²) in [6.45, 7) is 10.0. The van der Waals surface area contributed by atoms with Crippen LogP contribution in [0.15, 0.2) is 46.9 Å². The van der Waals surface area contributed by atoms with Crippen LogP contribution in [0.5, 0.6) is 0 Å². The van der Waals surface area contributed by atoms with Gasteiger partial charge in [-0.25, -0.2) is 0 Å². The Kier molecular flexibility index (Phi) is 6.45. The molecule has 0 fully saturated rings. The molecule has 0 saturated carbocycles. The topological polar surface area (TPSA) is 0 Å². The van der Waals surface area contributed by atoms with Crippen molar-refractivity contribution >= 4 is 24.0 Å². The third kappa shape index (κ3) is 3.73. The van der Waals surface area contributed by atoms with Gasteiger partial charge in [0.1, 0.15) is 0 Å². The summed E-state index contributed by atoms with van der Waals surface area (Å²) in [6, 6.07) is 16.1. The first kappa shape index (κ1) is 19.9. The van der Waals surface area contributed by atoms with E-state index in [4.69, 9.17) is 0 Å². The molecule has 140 valence electrons. The number of benzene rings is 2. The highest BCUT2D eigenvalue weighted by Gasteiger charge is 2.44. The lowest BCUT2D eigenvalue weighted by Gasteiger charge is -2.39. The van der Waals surface area contributed by atoms with Crippen LogP contribution < -0.4 is 0 Å². The highest BCUT2D eigenvalue weighted by atomic mass is 79.9. The predicted octanol–water partition coefficient (Wildman–Crippen LogP) is 8.56. The largest absolute Gasteiger partial charge is 0.0684 e. The Hall–Kier alpha value is -0.863. The molecular weight excluding hydrogens is 396 g/mol. The summed E-state index contributed by atoms with van der Waals surface area (Å²) in [5.74, 6) is 0. The summed E-state index contributed by atoms with van der Waals surface area (Å²) >= 11 is 3.74. The standard InChI is InChI=1S/C24H33BrSi/c1-5-7-11-19(12-8-6-2)26(3,4)24-22-14-10-9-13-20(22)21-16-15-18(25)17-23(21)24/h9-10,13-17,19,24H,5-8,11-12H2,1-4H3. The molecule has 0 aromatic heterocycles. The lowest BCUT2D eigenvalue weighted by molar-refractivity contribution is 0.580. The summed E-state index contributed by atoms with van der Waals surface area (Å²) in [4.78, 5) is 0. The van der Waals surface area contributed by atoms with Gasteiger partial charge in [-0.2, -0.15) is 0 Å². The molecule has 26 heavy (non-hydrogen) atoms. The molecular formula is C24H33BrSi. The van der Waals surface area contributed by atoms with Crippen LogP contribution in [0, 0.1) is 0 Å². The van der Waals surface area contributed by atoms with Crippen LogP contribution >= 0.6 is 15.9 Å². The Balaban J connectivity index is 2.06. The van der Waals surface area contributed by atoms with Crippen LogP contribution in [0.3, 0.4) is 0 Å². The van der Waals surface area contributed by atoms with Crippen LogP contribution in [0.1, 0.15) is 69.0 Å². The number of rotatable bonds is 8. The van der Waals surface area contributed by atoms with Crippen molar-refractivity contribution in [3.8, 4) is 11.1 Å². The Morgan fingerprint density at radius 1 is 0.885 bits per heavy atom. The maximum Gasteiger partial charge on any atom is 0.0635 e. The van der Waals surface area contributed by atoms with Gasteiger partial charge in [0.05, 0.1) is 8.07 Å². The van der Waals surface area contributed by atoms with Crippen molar-refractivity contribution in [3.63, 3.8) is 0 Å². The van der Waals surface area contributed by atoms with Crippen molar-refractivity contribution in [2.45, 2.75) is 76.5 Å². The Labute approximate surface area is 169 Å².